The first kappa shape index (κ1) is 18.2. The van der Waals surface area contributed by atoms with Crippen molar-refractivity contribution < 1.29 is 9.31 Å². The van der Waals surface area contributed by atoms with Crippen molar-refractivity contribution in [3.8, 4) is 0 Å². The Bertz CT molecular complexity index is 659. The molecule has 0 radical (unpaired) electrons. The van der Waals surface area contributed by atoms with E-state index in [0.29, 0.717) is 0 Å². The molecule has 0 unspecified atom stereocenters. The van der Waals surface area contributed by atoms with Crippen molar-refractivity contribution in [1.82, 2.24) is 14.9 Å². The molecule has 1 N–H and O–H groups in total. The zero-order chi connectivity index (χ0) is 18.2. The molecule has 1 aromatic rings. The average Bonchev–Trinajstić information content (AvgIpc) is 3.08. The molecule has 3 rings (SSSR count). The number of hydrogen-bond acceptors (Lipinski definition) is 5. The summed E-state index contributed by atoms with van der Waals surface area (Å²) in [5.41, 5.74) is 2.43. The van der Waals surface area contributed by atoms with Gasteiger partial charge < -0.3 is 19.5 Å². The van der Waals surface area contributed by atoms with E-state index < -0.39 is 7.12 Å². The Hall–Kier alpha value is -1.57. The topological polar surface area (TPSA) is 51.0 Å². The van der Waals surface area contributed by atoms with E-state index in [1.807, 2.05) is 10.9 Å². The lowest BCUT2D eigenvalue weighted by molar-refractivity contribution is 0.00578. The maximum Gasteiger partial charge on any atom is 0.496 e. The Balaban J connectivity index is 1.91. The van der Waals surface area contributed by atoms with Crippen molar-refractivity contribution in [2.75, 3.05) is 26.2 Å². The Kier molecular flexibility index (Phi) is 4.83. The van der Waals surface area contributed by atoms with Gasteiger partial charge in [-0.2, -0.15) is 5.10 Å². The number of rotatable bonds is 4. The van der Waals surface area contributed by atoms with Gasteiger partial charge in [0.15, 0.2) is 0 Å². The molecule has 2 fully saturated rings. The van der Waals surface area contributed by atoms with Gasteiger partial charge >= 0.3 is 7.12 Å². The second-order valence-electron chi connectivity index (χ2n) is 7.64. The minimum absolute atomic E-state index is 0.358. The molecule has 2 saturated heterocycles. The molecule has 2 aliphatic rings. The Morgan fingerprint density at radius 3 is 2.36 bits per heavy atom. The lowest BCUT2D eigenvalue weighted by atomic mass is 9.81. The summed E-state index contributed by atoms with van der Waals surface area (Å²) in [5.74, 6) is 0. The highest BCUT2D eigenvalue weighted by molar-refractivity contribution is 6.62. The predicted molar refractivity (Wildman–Crippen MR) is 103 cm³/mol. The van der Waals surface area contributed by atoms with Crippen molar-refractivity contribution in [2.24, 2.45) is 5.10 Å². The van der Waals surface area contributed by atoms with Crippen molar-refractivity contribution in [1.29, 1.82) is 0 Å². The van der Waals surface area contributed by atoms with Crippen LogP contribution >= 0.6 is 0 Å². The molecule has 0 spiro atoms. The number of hydrogen-bond donors (Lipinski definition) is 1. The molecule has 0 bridgehead atoms. The molecule has 0 aliphatic carbocycles. The van der Waals surface area contributed by atoms with Gasteiger partial charge in [-0.15, -0.1) is 0 Å². The van der Waals surface area contributed by atoms with Gasteiger partial charge in [-0.1, -0.05) is 6.08 Å². The smallest absolute Gasteiger partial charge is 0.399 e. The SMILES string of the molecule is C=Nn1cc(B2OC(C)(C)C(C)(C)O2)cc1/C(=C\C)N1CCNCC1. The highest BCUT2D eigenvalue weighted by Gasteiger charge is 2.52. The summed E-state index contributed by atoms with van der Waals surface area (Å²) in [6.07, 6.45) is 4.09. The minimum Gasteiger partial charge on any atom is -0.399 e. The van der Waals surface area contributed by atoms with Gasteiger partial charge in [0.25, 0.3) is 0 Å². The first-order valence-electron chi connectivity index (χ1n) is 8.96. The Morgan fingerprint density at radius 1 is 1.24 bits per heavy atom. The maximum absolute atomic E-state index is 6.18. The highest BCUT2D eigenvalue weighted by atomic mass is 16.7. The quantitative estimate of drug-likeness (QED) is 0.665. The molecule has 25 heavy (non-hydrogen) atoms. The van der Waals surface area contributed by atoms with E-state index in [-0.39, 0.29) is 11.2 Å². The minimum atomic E-state index is -0.395. The molecule has 1 aromatic heterocycles. The van der Waals surface area contributed by atoms with Gasteiger partial charge in [-0.25, -0.2) is 4.68 Å². The Morgan fingerprint density at radius 2 is 1.84 bits per heavy atom. The van der Waals surface area contributed by atoms with Crippen LogP contribution in [0.3, 0.4) is 0 Å². The number of piperazine rings is 1. The first-order chi connectivity index (χ1) is 11.8. The monoisotopic (exact) mass is 344 g/mol. The molecule has 6 nitrogen and oxygen atoms in total. The molecule has 0 saturated carbocycles. The van der Waals surface area contributed by atoms with E-state index in [1.165, 1.54) is 0 Å². The summed E-state index contributed by atoms with van der Waals surface area (Å²) in [6.45, 7) is 18.0. The van der Waals surface area contributed by atoms with E-state index in [1.54, 1.807) is 0 Å². The highest BCUT2D eigenvalue weighted by Crippen LogP contribution is 2.36. The molecular weight excluding hydrogens is 315 g/mol. The fraction of sp³-hybridized carbons (Fsp3) is 0.611. The third-order valence-electron chi connectivity index (χ3n) is 5.49. The van der Waals surface area contributed by atoms with Crippen LogP contribution in [0, 0.1) is 0 Å². The summed E-state index contributed by atoms with van der Waals surface area (Å²) in [7, 11) is -0.395. The zero-order valence-corrected chi connectivity index (χ0v) is 16.0. The average molecular weight is 344 g/mol. The largest absolute Gasteiger partial charge is 0.496 e. The van der Waals surface area contributed by atoms with Gasteiger partial charge in [0.2, 0.25) is 0 Å². The van der Waals surface area contributed by atoms with E-state index in [0.717, 1.165) is 43.0 Å². The van der Waals surface area contributed by atoms with Crippen LogP contribution in [0.4, 0.5) is 0 Å². The van der Waals surface area contributed by atoms with Crippen LogP contribution in [0.1, 0.15) is 40.3 Å². The molecule has 136 valence electrons. The van der Waals surface area contributed by atoms with Crippen LogP contribution in [0.15, 0.2) is 23.4 Å². The van der Waals surface area contributed by atoms with Crippen LogP contribution in [-0.2, 0) is 9.31 Å². The summed E-state index contributed by atoms with van der Waals surface area (Å²) in [6, 6.07) is 2.11. The number of aromatic nitrogens is 1. The molecule has 7 heteroatoms. The van der Waals surface area contributed by atoms with Crippen LogP contribution in [-0.4, -0.2) is 60.8 Å². The van der Waals surface area contributed by atoms with Gasteiger partial charge in [0.05, 0.1) is 22.6 Å². The van der Waals surface area contributed by atoms with Crippen molar-refractivity contribution in [2.45, 2.75) is 45.8 Å². The van der Waals surface area contributed by atoms with Gasteiger partial charge in [-0.3, -0.25) is 0 Å². The van der Waals surface area contributed by atoms with E-state index in [4.69, 9.17) is 9.31 Å². The van der Waals surface area contributed by atoms with Crippen LogP contribution < -0.4 is 10.8 Å². The molecule has 0 atom stereocenters. The molecule has 0 amide bonds. The van der Waals surface area contributed by atoms with Crippen LogP contribution in [0.5, 0.6) is 0 Å². The molecule has 3 heterocycles. The van der Waals surface area contributed by atoms with Crippen LogP contribution in [0.2, 0.25) is 0 Å². The Labute approximate surface area is 151 Å². The molecule has 2 aliphatic heterocycles. The summed E-state index contributed by atoms with van der Waals surface area (Å²) < 4.78 is 14.2. The van der Waals surface area contributed by atoms with E-state index in [2.05, 4.69) is 68.8 Å². The molecule has 0 aromatic carbocycles. The van der Waals surface area contributed by atoms with Crippen molar-refractivity contribution >= 4 is 25.0 Å². The first-order valence-corrected chi connectivity index (χ1v) is 8.96. The van der Waals surface area contributed by atoms with Crippen molar-refractivity contribution in [3.05, 3.63) is 24.0 Å². The van der Waals surface area contributed by atoms with E-state index >= 15 is 0 Å². The van der Waals surface area contributed by atoms with E-state index in [9.17, 15) is 0 Å². The normalized spacial score (nSPS) is 23.2. The fourth-order valence-corrected chi connectivity index (χ4v) is 3.29. The number of nitrogens with zero attached hydrogens (tertiary/aromatic N) is 3. The lowest BCUT2D eigenvalue weighted by Gasteiger charge is -2.32. The fourth-order valence-electron chi connectivity index (χ4n) is 3.29. The number of allylic oxidation sites excluding steroid dienone is 1. The summed E-state index contributed by atoms with van der Waals surface area (Å²) in [4.78, 5) is 2.38. The predicted octanol–water partition coefficient (Wildman–Crippen LogP) is 1.52. The molecular formula is C18H29BN4O2. The third kappa shape index (κ3) is 3.28. The second kappa shape index (κ2) is 6.63. The van der Waals surface area contributed by atoms with Gasteiger partial charge in [0, 0.05) is 44.6 Å². The standard InChI is InChI=1S/C18H29BN4O2/c1-7-15(22-10-8-21-9-11-22)16-12-14(13-23(16)20-6)19-24-17(2,3)18(4,5)25-19/h7,12-13,21H,6,8-11H2,1-5H3/b15-7+. The summed E-state index contributed by atoms with van der Waals surface area (Å²) >= 11 is 0. The number of nitrogens with one attached hydrogen (secondary N) is 1. The van der Waals surface area contributed by atoms with Gasteiger partial charge in [0.1, 0.15) is 0 Å². The zero-order valence-electron chi connectivity index (χ0n) is 16.0. The lowest BCUT2D eigenvalue weighted by Crippen LogP contribution is -2.42. The van der Waals surface area contributed by atoms with Gasteiger partial charge in [-0.05, 0) is 40.7 Å². The second-order valence-corrected chi connectivity index (χ2v) is 7.64. The van der Waals surface area contributed by atoms with Crippen LogP contribution in [0.25, 0.3) is 5.70 Å². The third-order valence-corrected chi connectivity index (χ3v) is 5.49. The maximum atomic E-state index is 6.18. The summed E-state index contributed by atoms with van der Waals surface area (Å²) in [5, 5.41) is 7.56. The van der Waals surface area contributed by atoms with Crippen molar-refractivity contribution in [3.63, 3.8) is 0 Å².